The summed E-state index contributed by atoms with van der Waals surface area (Å²) in [5, 5.41) is 4.25. The maximum absolute atomic E-state index is 11.9. The van der Waals surface area contributed by atoms with Crippen LogP contribution in [0.2, 0.25) is 0 Å². The zero-order valence-electron chi connectivity index (χ0n) is 13.6. The van der Waals surface area contributed by atoms with E-state index in [-0.39, 0.29) is 12.5 Å². The highest BCUT2D eigenvalue weighted by Crippen LogP contribution is 2.11. The summed E-state index contributed by atoms with van der Waals surface area (Å²) in [7, 11) is 0. The molecular weight excluding hydrogens is 288 g/mol. The van der Waals surface area contributed by atoms with Gasteiger partial charge in [-0.1, -0.05) is 61.4 Å². The Balaban J connectivity index is 1.91. The molecular formula is C19H22N2O2. The number of carbonyl (C=O) groups excluding carboxylic acids is 1. The molecule has 0 bridgehead atoms. The number of nitrogens with one attached hydrogen (secondary N) is 1. The Morgan fingerprint density at radius 1 is 1.09 bits per heavy atom. The van der Waals surface area contributed by atoms with Crippen LogP contribution in [0.3, 0.4) is 0 Å². The Kier molecular flexibility index (Phi) is 6.36. The molecule has 4 nitrogen and oxygen atoms in total. The van der Waals surface area contributed by atoms with Crippen LogP contribution in [0.25, 0.3) is 0 Å². The average molecular weight is 310 g/mol. The van der Waals surface area contributed by atoms with Crippen molar-refractivity contribution in [3.8, 4) is 5.75 Å². The smallest absolute Gasteiger partial charge is 0.277 e. The molecule has 0 aromatic heterocycles. The normalized spacial score (nSPS) is 11.1. The number of hydrogen-bond acceptors (Lipinski definition) is 3. The van der Waals surface area contributed by atoms with Gasteiger partial charge in [-0.15, -0.1) is 0 Å². The molecule has 120 valence electrons. The number of benzene rings is 2. The van der Waals surface area contributed by atoms with Gasteiger partial charge < -0.3 is 4.74 Å². The first kappa shape index (κ1) is 16.7. The van der Waals surface area contributed by atoms with E-state index in [0.717, 1.165) is 29.7 Å². The average Bonchev–Trinajstić information content (AvgIpc) is 2.59. The second kappa shape index (κ2) is 8.73. The standard InChI is InChI=1S/C19H22N2O2/c1-3-7-18(16-8-5-4-6-9-16)20-21-19(22)14-23-17-12-10-15(2)11-13-17/h4-6,8-13H,3,7,14H2,1-2H3,(H,21,22)/b20-18+. The summed E-state index contributed by atoms with van der Waals surface area (Å²) in [6.45, 7) is 4.03. The molecule has 0 unspecified atom stereocenters. The van der Waals surface area contributed by atoms with Gasteiger partial charge in [0.2, 0.25) is 0 Å². The van der Waals surface area contributed by atoms with E-state index in [1.807, 2.05) is 61.5 Å². The van der Waals surface area contributed by atoms with Gasteiger partial charge in [0.05, 0.1) is 5.71 Å². The summed E-state index contributed by atoms with van der Waals surface area (Å²) in [5.41, 5.74) is 5.62. The monoisotopic (exact) mass is 310 g/mol. The van der Waals surface area contributed by atoms with E-state index in [9.17, 15) is 4.79 Å². The first-order valence-electron chi connectivity index (χ1n) is 7.79. The number of ether oxygens (including phenoxy) is 1. The van der Waals surface area contributed by atoms with Crippen molar-refractivity contribution in [2.75, 3.05) is 6.61 Å². The van der Waals surface area contributed by atoms with Gasteiger partial charge in [0, 0.05) is 0 Å². The van der Waals surface area contributed by atoms with Crippen LogP contribution in [0.1, 0.15) is 30.9 Å². The van der Waals surface area contributed by atoms with Crippen molar-refractivity contribution in [3.05, 3.63) is 65.7 Å². The third kappa shape index (κ3) is 5.58. The van der Waals surface area contributed by atoms with E-state index in [1.165, 1.54) is 0 Å². The van der Waals surface area contributed by atoms with E-state index < -0.39 is 0 Å². The molecule has 0 aliphatic rings. The Morgan fingerprint density at radius 3 is 2.43 bits per heavy atom. The molecule has 0 saturated heterocycles. The quantitative estimate of drug-likeness (QED) is 0.626. The van der Waals surface area contributed by atoms with Crippen molar-refractivity contribution >= 4 is 11.6 Å². The van der Waals surface area contributed by atoms with Crippen LogP contribution in [0.15, 0.2) is 59.7 Å². The van der Waals surface area contributed by atoms with Crippen LogP contribution in [-0.2, 0) is 4.79 Å². The Bertz CT molecular complexity index is 649. The summed E-state index contributed by atoms with van der Waals surface area (Å²) < 4.78 is 5.44. The molecule has 0 radical (unpaired) electrons. The van der Waals surface area contributed by atoms with Crippen LogP contribution in [0.4, 0.5) is 0 Å². The molecule has 2 aromatic rings. The van der Waals surface area contributed by atoms with Crippen molar-refractivity contribution in [3.63, 3.8) is 0 Å². The van der Waals surface area contributed by atoms with Gasteiger partial charge >= 0.3 is 0 Å². The van der Waals surface area contributed by atoms with E-state index in [2.05, 4.69) is 17.5 Å². The SMILES string of the molecule is CCC/C(=N\NC(=O)COc1ccc(C)cc1)c1ccccc1. The Hall–Kier alpha value is -2.62. The molecule has 0 spiro atoms. The molecule has 0 aliphatic heterocycles. The maximum Gasteiger partial charge on any atom is 0.277 e. The highest BCUT2D eigenvalue weighted by molar-refractivity contribution is 6.01. The molecule has 2 rings (SSSR count). The lowest BCUT2D eigenvalue weighted by Crippen LogP contribution is -2.26. The zero-order chi connectivity index (χ0) is 16.5. The Labute approximate surface area is 137 Å². The van der Waals surface area contributed by atoms with Gasteiger partial charge in [-0.05, 0) is 31.0 Å². The highest BCUT2D eigenvalue weighted by Gasteiger charge is 2.05. The minimum Gasteiger partial charge on any atom is -0.484 e. The summed E-state index contributed by atoms with van der Waals surface area (Å²) >= 11 is 0. The number of hydrazone groups is 1. The summed E-state index contributed by atoms with van der Waals surface area (Å²) in [4.78, 5) is 11.9. The fourth-order valence-electron chi connectivity index (χ4n) is 2.08. The second-order valence-corrected chi connectivity index (χ2v) is 5.31. The molecule has 0 fully saturated rings. The van der Waals surface area contributed by atoms with Crippen molar-refractivity contribution < 1.29 is 9.53 Å². The number of carbonyl (C=O) groups is 1. The minimum absolute atomic E-state index is 0.0548. The van der Waals surface area contributed by atoms with E-state index >= 15 is 0 Å². The molecule has 1 amide bonds. The molecule has 0 aliphatic carbocycles. The van der Waals surface area contributed by atoms with Crippen molar-refractivity contribution in [1.82, 2.24) is 5.43 Å². The fraction of sp³-hybridized carbons (Fsp3) is 0.263. The summed E-state index contributed by atoms with van der Waals surface area (Å²) in [6, 6.07) is 17.4. The van der Waals surface area contributed by atoms with Gasteiger partial charge in [-0.2, -0.15) is 5.10 Å². The van der Waals surface area contributed by atoms with Crippen LogP contribution in [0.5, 0.6) is 5.75 Å². The van der Waals surface area contributed by atoms with Gasteiger partial charge in [0.1, 0.15) is 5.75 Å². The lowest BCUT2D eigenvalue weighted by Gasteiger charge is -2.08. The van der Waals surface area contributed by atoms with Crippen LogP contribution >= 0.6 is 0 Å². The van der Waals surface area contributed by atoms with Crippen molar-refractivity contribution in [2.45, 2.75) is 26.7 Å². The lowest BCUT2D eigenvalue weighted by atomic mass is 10.1. The van der Waals surface area contributed by atoms with Crippen LogP contribution in [-0.4, -0.2) is 18.2 Å². The minimum atomic E-state index is -0.268. The number of amides is 1. The number of hydrogen-bond donors (Lipinski definition) is 1. The highest BCUT2D eigenvalue weighted by atomic mass is 16.5. The molecule has 0 heterocycles. The summed E-state index contributed by atoms with van der Waals surface area (Å²) in [6.07, 6.45) is 1.77. The van der Waals surface area contributed by atoms with Gasteiger partial charge in [-0.3, -0.25) is 4.79 Å². The van der Waals surface area contributed by atoms with Gasteiger partial charge in [0.25, 0.3) is 5.91 Å². The van der Waals surface area contributed by atoms with E-state index in [0.29, 0.717) is 5.75 Å². The molecule has 1 N–H and O–H groups in total. The van der Waals surface area contributed by atoms with Crippen molar-refractivity contribution in [1.29, 1.82) is 0 Å². The molecule has 2 aromatic carbocycles. The van der Waals surface area contributed by atoms with Crippen LogP contribution in [0, 0.1) is 6.92 Å². The van der Waals surface area contributed by atoms with E-state index in [4.69, 9.17) is 4.74 Å². The summed E-state index contributed by atoms with van der Waals surface area (Å²) in [5.74, 6) is 0.404. The topological polar surface area (TPSA) is 50.7 Å². The van der Waals surface area contributed by atoms with Crippen LogP contribution < -0.4 is 10.2 Å². The van der Waals surface area contributed by atoms with E-state index in [1.54, 1.807) is 0 Å². The van der Waals surface area contributed by atoms with Gasteiger partial charge in [0.15, 0.2) is 6.61 Å². The molecule has 0 saturated carbocycles. The Morgan fingerprint density at radius 2 is 1.78 bits per heavy atom. The maximum atomic E-state index is 11.9. The number of nitrogens with zero attached hydrogens (tertiary/aromatic N) is 1. The largest absolute Gasteiger partial charge is 0.484 e. The number of aryl methyl sites for hydroxylation is 1. The first-order chi connectivity index (χ1) is 11.2. The second-order valence-electron chi connectivity index (χ2n) is 5.31. The molecule has 23 heavy (non-hydrogen) atoms. The third-order valence-corrected chi connectivity index (χ3v) is 3.30. The van der Waals surface area contributed by atoms with Gasteiger partial charge in [-0.25, -0.2) is 5.43 Å². The predicted octanol–water partition coefficient (Wildman–Crippen LogP) is 3.69. The zero-order valence-corrected chi connectivity index (χ0v) is 13.6. The molecule has 4 heteroatoms. The number of rotatable bonds is 7. The third-order valence-electron chi connectivity index (χ3n) is 3.30. The lowest BCUT2D eigenvalue weighted by molar-refractivity contribution is -0.123. The fourth-order valence-corrected chi connectivity index (χ4v) is 2.08. The predicted molar refractivity (Wildman–Crippen MR) is 92.7 cm³/mol. The first-order valence-corrected chi connectivity index (χ1v) is 7.79. The van der Waals surface area contributed by atoms with Crippen molar-refractivity contribution in [2.24, 2.45) is 5.10 Å². The molecule has 0 atom stereocenters.